The molecule has 0 aromatic rings. The van der Waals surface area contributed by atoms with Gasteiger partial charge in [-0.25, -0.2) is 0 Å². The number of allylic oxidation sites excluding steroid dienone is 5. The van der Waals surface area contributed by atoms with Gasteiger partial charge in [-0.15, -0.1) is 0 Å². The van der Waals surface area contributed by atoms with Gasteiger partial charge in [0.15, 0.2) is 11.5 Å². The zero-order chi connectivity index (χ0) is 6.55. The van der Waals surface area contributed by atoms with E-state index in [1.807, 2.05) is 0 Å². The maximum absolute atomic E-state index is 5.26. The number of fused-ring (bicyclic) bond motifs is 2. The first-order valence-corrected chi connectivity index (χ1v) is 3.45. The summed E-state index contributed by atoms with van der Waals surface area (Å²) in [7, 11) is 0. The first kappa shape index (κ1) is 4.56. The minimum Gasteiger partial charge on any atom is -0.453 e. The summed E-state index contributed by atoms with van der Waals surface area (Å²) in [4.78, 5) is 0. The first-order chi connectivity index (χ1) is 4.95. The predicted octanol–water partition coefficient (Wildman–Crippen LogP) is 2.05. The third-order valence-electron chi connectivity index (χ3n) is 2.04. The van der Waals surface area contributed by atoms with Crippen molar-refractivity contribution in [1.29, 1.82) is 0 Å². The molecule has 1 heteroatoms. The summed E-state index contributed by atoms with van der Waals surface area (Å²) in [5, 5.41) is 0. The highest BCUT2D eigenvalue weighted by molar-refractivity contribution is 5.63. The average Bonchev–Trinajstić information content (AvgIpc) is 2.60. The molecule has 0 saturated carbocycles. The number of rotatable bonds is 0. The molecule has 0 radical (unpaired) electrons. The third kappa shape index (κ3) is 0.397. The van der Waals surface area contributed by atoms with Crippen molar-refractivity contribution >= 4 is 0 Å². The monoisotopic (exact) mass is 130 g/mol. The van der Waals surface area contributed by atoms with E-state index in [1.165, 1.54) is 16.9 Å². The van der Waals surface area contributed by atoms with Gasteiger partial charge < -0.3 is 4.74 Å². The van der Waals surface area contributed by atoms with Crippen LogP contribution in [0.1, 0.15) is 6.42 Å². The Bertz CT molecular complexity index is 327. The lowest BCUT2D eigenvalue weighted by Crippen LogP contribution is -1.83. The quantitative estimate of drug-likeness (QED) is 0.489. The molecule has 0 N–H and O–H groups in total. The molecule has 2 aliphatic carbocycles. The van der Waals surface area contributed by atoms with Crippen LogP contribution in [0.2, 0.25) is 0 Å². The lowest BCUT2D eigenvalue weighted by atomic mass is 10.0. The Morgan fingerprint density at radius 1 is 1.40 bits per heavy atom. The summed E-state index contributed by atoms with van der Waals surface area (Å²) in [5.74, 6) is 2.29. The Morgan fingerprint density at radius 2 is 2.40 bits per heavy atom. The highest BCUT2D eigenvalue weighted by atomic mass is 16.6. The molecule has 0 spiro atoms. The van der Waals surface area contributed by atoms with Crippen LogP contribution < -0.4 is 0 Å². The van der Waals surface area contributed by atoms with Crippen molar-refractivity contribution in [3.8, 4) is 0 Å². The molecular weight excluding hydrogens is 124 g/mol. The summed E-state index contributed by atoms with van der Waals surface area (Å²) in [6, 6.07) is 0. The number of hydrogen-bond donors (Lipinski definition) is 0. The first-order valence-electron chi connectivity index (χ1n) is 3.45. The molecule has 3 aliphatic rings. The lowest BCUT2D eigenvalue weighted by molar-refractivity contribution is 0.473. The van der Waals surface area contributed by atoms with Crippen molar-refractivity contribution in [3.05, 3.63) is 47.0 Å². The van der Waals surface area contributed by atoms with Crippen LogP contribution in [0.4, 0.5) is 0 Å². The maximum atomic E-state index is 5.26. The molecule has 48 valence electrons. The van der Waals surface area contributed by atoms with Crippen molar-refractivity contribution in [2.45, 2.75) is 6.42 Å². The molecule has 1 aliphatic heterocycles. The molecular formula is C9H6O. The highest BCUT2D eigenvalue weighted by Gasteiger charge is 2.33. The standard InChI is InChI=1S/C9H6O/c1-2-6-4-5-8-9(10-8)7(6)3-1/h1-4H,5H2. The van der Waals surface area contributed by atoms with E-state index in [-0.39, 0.29) is 0 Å². The summed E-state index contributed by atoms with van der Waals surface area (Å²) in [5.41, 5.74) is 2.61. The van der Waals surface area contributed by atoms with Gasteiger partial charge >= 0.3 is 0 Å². The van der Waals surface area contributed by atoms with Gasteiger partial charge in [0.25, 0.3) is 0 Å². The molecule has 1 heterocycles. The zero-order valence-electron chi connectivity index (χ0n) is 5.42. The molecule has 0 atom stereocenters. The van der Waals surface area contributed by atoms with Crippen LogP contribution in [0.15, 0.2) is 47.0 Å². The maximum Gasteiger partial charge on any atom is 0.173 e. The van der Waals surface area contributed by atoms with Crippen molar-refractivity contribution in [1.82, 2.24) is 0 Å². The molecule has 0 bridgehead atoms. The van der Waals surface area contributed by atoms with E-state index < -0.39 is 0 Å². The van der Waals surface area contributed by atoms with E-state index in [4.69, 9.17) is 4.74 Å². The van der Waals surface area contributed by atoms with E-state index in [9.17, 15) is 0 Å². The Hall–Kier alpha value is -1.24. The van der Waals surface area contributed by atoms with Crippen LogP contribution in [0.5, 0.6) is 0 Å². The fourth-order valence-corrected chi connectivity index (χ4v) is 1.46. The molecule has 0 aromatic carbocycles. The van der Waals surface area contributed by atoms with Gasteiger partial charge in [-0.2, -0.15) is 0 Å². The topological polar surface area (TPSA) is 12.5 Å². The fourth-order valence-electron chi connectivity index (χ4n) is 1.46. The zero-order valence-corrected chi connectivity index (χ0v) is 5.42. The Labute approximate surface area is 59.0 Å². The lowest BCUT2D eigenvalue weighted by Gasteiger charge is -1.96. The molecule has 1 nitrogen and oxygen atoms in total. The van der Waals surface area contributed by atoms with Crippen LogP contribution >= 0.6 is 0 Å². The summed E-state index contributed by atoms with van der Waals surface area (Å²) in [6.07, 6.45) is 9.50. The Balaban J connectivity index is 2.19. The molecule has 3 rings (SSSR count). The Morgan fingerprint density at radius 3 is 3.40 bits per heavy atom. The van der Waals surface area contributed by atoms with Gasteiger partial charge in [-0.1, -0.05) is 24.3 Å². The van der Waals surface area contributed by atoms with E-state index in [2.05, 4.69) is 24.3 Å². The largest absolute Gasteiger partial charge is 0.453 e. The van der Waals surface area contributed by atoms with Gasteiger partial charge in [0.2, 0.25) is 0 Å². The van der Waals surface area contributed by atoms with Crippen LogP contribution in [-0.4, -0.2) is 0 Å². The summed E-state index contributed by atoms with van der Waals surface area (Å²) in [6.45, 7) is 0. The number of hydrogen-bond acceptors (Lipinski definition) is 1. The van der Waals surface area contributed by atoms with Crippen molar-refractivity contribution in [3.63, 3.8) is 0 Å². The number of ether oxygens (including phenoxy) is 1. The SMILES string of the molecule is C1=CC2=CCC3=C(O3)C2=C1. The Kier molecular flexibility index (Phi) is 0.575. The van der Waals surface area contributed by atoms with Gasteiger partial charge in [-0.05, 0) is 5.57 Å². The fraction of sp³-hybridized carbons (Fsp3) is 0.111. The molecule has 0 fully saturated rings. The van der Waals surface area contributed by atoms with Gasteiger partial charge in [0.05, 0.1) is 0 Å². The van der Waals surface area contributed by atoms with Gasteiger partial charge in [-0.3, -0.25) is 0 Å². The van der Waals surface area contributed by atoms with E-state index >= 15 is 0 Å². The minimum atomic E-state index is 0.992. The molecule has 0 amide bonds. The second kappa shape index (κ2) is 1.26. The van der Waals surface area contributed by atoms with Crippen molar-refractivity contribution in [2.75, 3.05) is 0 Å². The van der Waals surface area contributed by atoms with E-state index in [1.54, 1.807) is 0 Å². The van der Waals surface area contributed by atoms with Crippen molar-refractivity contribution < 1.29 is 4.74 Å². The van der Waals surface area contributed by atoms with E-state index in [0.29, 0.717) is 0 Å². The second-order valence-electron chi connectivity index (χ2n) is 2.66. The normalized spacial score (nSPS) is 24.8. The smallest absolute Gasteiger partial charge is 0.173 e. The molecule has 0 aromatic heterocycles. The summed E-state index contributed by atoms with van der Waals surface area (Å²) < 4.78 is 5.26. The average molecular weight is 130 g/mol. The van der Waals surface area contributed by atoms with E-state index in [0.717, 1.165) is 12.2 Å². The van der Waals surface area contributed by atoms with Crippen LogP contribution in [0.3, 0.4) is 0 Å². The second-order valence-corrected chi connectivity index (χ2v) is 2.66. The summed E-state index contributed by atoms with van der Waals surface area (Å²) >= 11 is 0. The van der Waals surface area contributed by atoms with Crippen LogP contribution in [-0.2, 0) is 4.74 Å². The van der Waals surface area contributed by atoms with Crippen LogP contribution in [0.25, 0.3) is 0 Å². The highest BCUT2D eigenvalue weighted by Crippen LogP contribution is 2.44. The molecule has 0 saturated heterocycles. The van der Waals surface area contributed by atoms with Gasteiger partial charge in [0.1, 0.15) is 0 Å². The predicted molar refractivity (Wildman–Crippen MR) is 38.0 cm³/mol. The molecule has 0 unspecified atom stereocenters. The van der Waals surface area contributed by atoms with Gasteiger partial charge in [0, 0.05) is 12.0 Å². The van der Waals surface area contributed by atoms with Crippen LogP contribution in [0, 0.1) is 0 Å². The molecule has 10 heavy (non-hydrogen) atoms. The van der Waals surface area contributed by atoms with Crippen molar-refractivity contribution in [2.24, 2.45) is 0 Å². The minimum absolute atomic E-state index is 0.992. The third-order valence-corrected chi connectivity index (χ3v) is 2.04.